The first-order valence-corrected chi connectivity index (χ1v) is 8.52. The Hall–Kier alpha value is -2.45. The van der Waals surface area contributed by atoms with E-state index in [0.717, 1.165) is 31.0 Å². The zero-order valence-electron chi connectivity index (χ0n) is 14.8. The molecule has 25 heavy (non-hydrogen) atoms. The van der Waals surface area contributed by atoms with Crippen LogP contribution in [0.3, 0.4) is 0 Å². The second-order valence-corrected chi connectivity index (χ2v) is 6.58. The number of rotatable bonds is 5. The Morgan fingerprint density at radius 3 is 2.56 bits per heavy atom. The molecule has 1 saturated heterocycles. The highest BCUT2D eigenvalue weighted by Gasteiger charge is 2.19. The monoisotopic (exact) mass is 342 g/mol. The molecule has 134 valence electrons. The summed E-state index contributed by atoms with van der Waals surface area (Å²) in [5.74, 6) is 0.406. The van der Waals surface area contributed by atoms with Gasteiger partial charge in [-0.05, 0) is 58.2 Å². The normalized spacial score (nSPS) is 16.9. The van der Waals surface area contributed by atoms with Gasteiger partial charge in [0.25, 0.3) is 0 Å². The number of aromatic nitrogens is 4. The first-order valence-electron chi connectivity index (χ1n) is 8.52. The molecule has 3 rings (SSSR count). The van der Waals surface area contributed by atoms with E-state index in [9.17, 15) is 0 Å². The second-order valence-electron chi connectivity index (χ2n) is 6.58. The van der Waals surface area contributed by atoms with Crippen LogP contribution in [0.4, 0.5) is 11.9 Å². The fourth-order valence-electron chi connectivity index (χ4n) is 3.09. The third kappa shape index (κ3) is 4.34. The molecule has 1 aliphatic heterocycles. The molecule has 2 aromatic rings. The Labute approximate surface area is 148 Å². The Kier molecular flexibility index (Phi) is 5.30. The summed E-state index contributed by atoms with van der Waals surface area (Å²) >= 11 is 0. The molecule has 8 heteroatoms. The Morgan fingerprint density at radius 2 is 2.00 bits per heavy atom. The van der Waals surface area contributed by atoms with Gasteiger partial charge in [-0.1, -0.05) is 6.08 Å². The molecule has 0 saturated carbocycles. The van der Waals surface area contributed by atoms with Gasteiger partial charge in [-0.2, -0.15) is 9.67 Å². The smallest absolute Gasteiger partial charge is 0.241 e. The molecule has 1 aliphatic rings. The average molecular weight is 342 g/mol. The first-order chi connectivity index (χ1) is 12.0. The minimum Gasteiger partial charge on any atom is -0.368 e. The van der Waals surface area contributed by atoms with Crippen molar-refractivity contribution in [2.45, 2.75) is 18.9 Å². The summed E-state index contributed by atoms with van der Waals surface area (Å²) in [6, 6.07) is 4.55. The minimum absolute atomic E-state index is 0.152. The lowest BCUT2D eigenvalue weighted by atomic mass is 10.0. The average Bonchev–Trinajstić information content (AvgIpc) is 2.94. The van der Waals surface area contributed by atoms with Gasteiger partial charge in [0.05, 0.1) is 17.6 Å². The molecular formula is C17H26N8. The second kappa shape index (κ2) is 7.62. The lowest BCUT2D eigenvalue weighted by Gasteiger charge is -2.34. The van der Waals surface area contributed by atoms with Crippen molar-refractivity contribution in [3.05, 3.63) is 30.1 Å². The highest BCUT2D eigenvalue weighted by molar-refractivity contribution is 5.47. The number of likely N-dealkylation sites (tertiary alicyclic amines) is 1. The van der Waals surface area contributed by atoms with Crippen LogP contribution >= 0.6 is 0 Å². The van der Waals surface area contributed by atoms with Crippen LogP contribution in [-0.2, 0) is 0 Å². The topological polar surface area (TPSA) is 102 Å². The van der Waals surface area contributed by atoms with Gasteiger partial charge in [0.1, 0.15) is 0 Å². The summed E-state index contributed by atoms with van der Waals surface area (Å²) in [6.45, 7) is 3.25. The van der Waals surface area contributed by atoms with E-state index in [1.807, 2.05) is 18.2 Å². The number of nitrogens with zero attached hydrogens (tertiary/aromatic N) is 6. The van der Waals surface area contributed by atoms with Crippen molar-refractivity contribution >= 4 is 18.0 Å². The molecule has 0 spiro atoms. The van der Waals surface area contributed by atoms with Crippen LogP contribution in [0.2, 0.25) is 0 Å². The van der Waals surface area contributed by atoms with Crippen LogP contribution in [0.15, 0.2) is 24.4 Å². The Bertz CT molecular complexity index is 711. The van der Waals surface area contributed by atoms with E-state index in [1.54, 1.807) is 6.20 Å². The summed E-state index contributed by atoms with van der Waals surface area (Å²) < 4.78 is 1.48. The van der Waals surface area contributed by atoms with E-state index in [4.69, 9.17) is 11.5 Å². The highest BCUT2D eigenvalue weighted by atomic mass is 15.4. The summed E-state index contributed by atoms with van der Waals surface area (Å²) in [6.07, 6.45) is 8.39. The van der Waals surface area contributed by atoms with Crippen LogP contribution < -0.4 is 11.5 Å². The van der Waals surface area contributed by atoms with Crippen LogP contribution in [0.25, 0.3) is 11.8 Å². The molecule has 2 aromatic heterocycles. The van der Waals surface area contributed by atoms with E-state index in [0.29, 0.717) is 6.04 Å². The first kappa shape index (κ1) is 17.4. The van der Waals surface area contributed by atoms with Crippen LogP contribution in [0.1, 0.15) is 18.5 Å². The highest BCUT2D eigenvalue weighted by Crippen LogP contribution is 2.15. The van der Waals surface area contributed by atoms with Crippen LogP contribution in [0, 0.1) is 0 Å². The van der Waals surface area contributed by atoms with E-state index >= 15 is 0 Å². The van der Waals surface area contributed by atoms with Gasteiger partial charge < -0.3 is 16.4 Å². The minimum atomic E-state index is 0.152. The predicted octanol–water partition coefficient (Wildman–Crippen LogP) is 0.866. The van der Waals surface area contributed by atoms with Crippen molar-refractivity contribution in [1.82, 2.24) is 29.5 Å². The van der Waals surface area contributed by atoms with E-state index in [1.165, 1.54) is 17.5 Å². The molecule has 0 aliphatic carbocycles. The molecule has 0 aromatic carbocycles. The van der Waals surface area contributed by atoms with Crippen molar-refractivity contribution in [3.8, 4) is 5.69 Å². The standard InChI is InChI=1S/C17H26N8/c1-23(2)14-7-10-24(11-8-14)9-3-4-13-5-6-15(12-20-13)25-17(19)21-16(18)22-25/h3-6,12,14H,7-11H2,1-2H3,(H4,18,19,21,22)/b4-3+. The van der Waals surface area contributed by atoms with Gasteiger partial charge in [-0.3, -0.25) is 9.88 Å². The Morgan fingerprint density at radius 1 is 1.24 bits per heavy atom. The Balaban J connectivity index is 1.53. The number of hydrogen-bond donors (Lipinski definition) is 2. The van der Waals surface area contributed by atoms with Crippen molar-refractivity contribution in [2.75, 3.05) is 45.2 Å². The van der Waals surface area contributed by atoms with Gasteiger partial charge in [0, 0.05) is 12.6 Å². The van der Waals surface area contributed by atoms with E-state index in [-0.39, 0.29) is 11.9 Å². The van der Waals surface area contributed by atoms with Crippen LogP contribution in [-0.4, -0.2) is 69.3 Å². The number of nitrogen functional groups attached to an aromatic ring is 2. The largest absolute Gasteiger partial charge is 0.368 e. The van der Waals surface area contributed by atoms with Gasteiger partial charge in [0.2, 0.25) is 11.9 Å². The lowest BCUT2D eigenvalue weighted by molar-refractivity contribution is 0.155. The summed E-state index contributed by atoms with van der Waals surface area (Å²) in [5.41, 5.74) is 12.9. The summed E-state index contributed by atoms with van der Waals surface area (Å²) in [5, 5.41) is 4.04. The lowest BCUT2D eigenvalue weighted by Crippen LogP contribution is -2.41. The maximum Gasteiger partial charge on any atom is 0.241 e. The third-order valence-electron chi connectivity index (χ3n) is 4.60. The molecule has 1 fully saturated rings. The molecule has 0 bridgehead atoms. The van der Waals surface area contributed by atoms with Crippen molar-refractivity contribution in [3.63, 3.8) is 0 Å². The number of anilines is 2. The predicted molar refractivity (Wildman–Crippen MR) is 100 cm³/mol. The maximum absolute atomic E-state index is 5.76. The van der Waals surface area contributed by atoms with E-state index < -0.39 is 0 Å². The fraction of sp³-hybridized carbons (Fsp3) is 0.471. The quantitative estimate of drug-likeness (QED) is 0.831. The van der Waals surface area contributed by atoms with E-state index in [2.05, 4.69) is 45.0 Å². The number of hydrogen-bond acceptors (Lipinski definition) is 7. The molecule has 4 N–H and O–H groups in total. The summed E-state index contributed by atoms with van der Waals surface area (Å²) in [4.78, 5) is 13.1. The van der Waals surface area contributed by atoms with Gasteiger partial charge in [-0.25, -0.2) is 0 Å². The van der Waals surface area contributed by atoms with Crippen molar-refractivity contribution < 1.29 is 0 Å². The molecule has 3 heterocycles. The van der Waals surface area contributed by atoms with Gasteiger partial charge in [0.15, 0.2) is 0 Å². The van der Waals surface area contributed by atoms with Gasteiger partial charge in [-0.15, -0.1) is 5.10 Å². The van der Waals surface area contributed by atoms with Gasteiger partial charge >= 0.3 is 0 Å². The fourth-order valence-corrected chi connectivity index (χ4v) is 3.09. The molecule has 0 amide bonds. The SMILES string of the molecule is CN(C)C1CCN(C/C=C/c2ccc(-n3nc(N)nc3N)cn2)CC1. The zero-order chi connectivity index (χ0) is 17.8. The number of nitrogens with two attached hydrogens (primary N) is 2. The summed E-state index contributed by atoms with van der Waals surface area (Å²) in [7, 11) is 4.33. The molecular weight excluding hydrogens is 316 g/mol. The van der Waals surface area contributed by atoms with Crippen LogP contribution in [0.5, 0.6) is 0 Å². The zero-order valence-corrected chi connectivity index (χ0v) is 14.8. The number of pyridine rings is 1. The maximum atomic E-state index is 5.76. The molecule has 0 unspecified atom stereocenters. The third-order valence-corrected chi connectivity index (χ3v) is 4.60. The molecule has 0 atom stereocenters. The molecule has 0 radical (unpaired) electrons. The molecule has 8 nitrogen and oxygen atoms in total. The number of piperidine rings is 1. The van der Waals surface area contributed by atoms with Crippen molar-refractivity contribution in [2.24, 2.45) is 0 Å². The van der Waals surface area contributed by atoms with Crippen molar-refractivity contribution in [1.29, 1.82) is 0 Å².